The number of ether oxygens (including phenoxy) is 2. The van der Waals surface area contributed by atoms with Crippen LogP contribution in [0.15, 0.2) is 36.5 Å². The summed E-state index contributed by atoms with van der Waals surface area (Å²) < 4.78 is 11.8. The zero-order chi connectivity index (χ0) is 31.4. The van der Waals surface area contributed by atoms with Crippen molar-refractivity contribution in [3.05, 3.63) is 36.5 Å². The van der Waals surface area contributed by atoms with Crippen LogP contribution in [0.5, 0.6) is 0 Å². The highest BCUT2D eigenvalue weighted by Gasteiger charge is 2.42. The summed E-state index contributed by atoms with van der Waals surface area (Å²) >= 11 is 0. The van der Waals surface area contributed by atoms with Crippen LogP contribution < -0.4 is 11.1 Å². The largest absolute Gasteiger partial charge is 0.379 e. The first kappa shape index (κ1) is 35.7. The molecule has 0 aromatic heterocycles. The SMILES string of the molecule is CCC(C)[C@@H]([C@@H](CC(=O)N1CCC[C@H]1[C@H](OC)C(C)C(=O)NCCC1C=CC=CC=C1)OC)N(C)C(=O)[C@@H](N)C(C)C. The number of likely N-dealkylation sites (N-methyl/N-ethyl adjacent to an activating group) is 1. The molecule has 0 aromatic carbocycles. The first-order chi connectivity index (χ1) is 20.0. The molecule has 2 aliphatic rings. The average Bonchev–Trinajstić information content (AvgIpc) is 3.31. The number of amides is 3. The summed E-state index contributed by atoms with van der Waals surface area (Å²) in [6.07, 6.45) is 14.7. The Balaban J connectivity index is 2.10. The predicted octanol–water partition coefficient (Wildman–Crippen LogP) is 3.69. The number of hydrogen-bond donors (Lipinski definition) is 2. The third kappa shape index (κ3) is 9.51. The standard InChI is InChI=1S/C33H56N4O5/c1-9-23(4)30(36(6)33(40)29(34)22(2)3)27(41-7)21-28(38)37-20-14-17-26(37)31(42-8)24(5)32(39)35-19-18-25-15-12-10-11-13-16-25/h10-13,15-16,22-27,29-31H,9,14,17-21,34H2,1-8H3,(H,35,39)/t23?,24?,26-,27+,29-,30-,31+/m0/s1. The van der Waals surface area contributed by atoms with Gasteiger partial charge in [-0.2, -0.15) is 0 Å². The van der Waals surface area contributed by atoms with Crippen molar-refractivity contribution in [1.29, 1.82) is 0 Å². The fourth-order valence-corrected chi connectivity index (χ4v) is 6.15. The van der Waals surface area contributed by atoms with Gasteiger partial charge in [-0.3, -0.25) is 14.4 Å². The van der Waals surface area contributed by atoms with Gasteiger partial charge in [-0.25, -0.2) is 0 Å². The van der Waals surface area contributed by atoms with Crippen LogP contribution in [0.4, 0.5) is 0 Å². The number of nitrogens with two attached hydrogens (primary N) is 1. The Labute approximate surface area is 253 Å². The Morgan fingerprint density at radius 1 is 1.05 bits per heavy atom. The van der Waals surface area contributed by atoms with Crippen LogP contribution in [0.3, 0.4) is 0 Å². The van der Waals surface area contributed by atoms with E-state index in [0.29, 0.717) is 13.1 Å². The second kappa shape index (κ2) is 17.6. The van der Waals surface area contributed by atoms with Crippen molar-refractivity contribution in [1.82, 2.24) is 15.1 Å². The Hall–Kier alpha value is -2.49. The topological polar surface area (TPSA) is 114 Å². The maximum atomic E-state index is 13.8. The molecule has 42 heavy (non-hydrogen) atoms. The second-order valence-corrected chi connectivity index (χ2v) is 12.3. The van der Waals surface area contributed by atoms with Crippen LogP contribution in [0.1, 0.15) is 66.7 Å². The fraction of sp³-hybridized carbons (Fsp3) is 0.727. The lowest BCUT2D eigenvalue weighted by Crippen LogP contribution is -2.56. The smallest absolute Gasteiger partial charge is 0.239 e. The maximum absolute atomic E-state index is 13.8. The zero-order valence-corrected chi connectivity index (χ0v) is 27.1. The molecule has 1 heterocycles. The van der Waals surface area contributed by atoms with Crippen LogP contribution in [0.25, 0.3) is 0 Å². The molecule has 7 atom stereocenters. The molecule has 0 spiro atoms. The Kier molecular flexibility index (Phi) is 14.9. The molecule has 0 bridgehead atoms. The van der Waals surface area contributed by atoms with Crippen molar-refractivity contribution in [2.45, 2.75) is 97.1 Å². The highest BCUT2D eigenvalue weighted by atomic mass is 16.5. The number of likely N-dealkylation sites (tertiary alicyclic amines) is 1. The van der Waals surface area contributed by atoms with Gasteiger partial charge in [-0.05, 0) is 37.0 Å². The number of carbonyl (C=O) groups excluding carboxylic acids is 3. The Bertz CT molecular complexity index is 948. The first-order valence-electron chi connectivity index (χ1n) is 15.6. The van der Waals surface area contributed by atoms with Gasteiger partial charge in [0.2, 0.25) is 17.7 Å². The summed E-state index contributed by atoms with van der Waals surface area (Å²) in [5.41, 5.74) is 6.21. The Morgan fingerprint density at radius 2 is 1.69 bits per heavy atom. The van der Waals surface area contributed by atoms with Crippen LogP contribution in [0.2, 0.25) is 0 Å². The molecule has 2 rings (SSSR count). The maximum Gasteiger partial charge on any atom is 0.239 e. The quantitative estimate of drug-likeness (QED) is 0.284. The molecule has 0 aromatic rings. The molecule has 1 aliphatic heterocycles. The van der Waals surface area contributed by atoms with E-state index in [1.54, 1.807) is 26.2 Å². The van der Waals surface area contributed by atoms with Gasteiger partial charge in [0.1, 0.15) is 0 Å². The lowest BCUT2D eigenvalue weighted by Gasteiger charge is -2.40. The first-order valence-corrected chi connectivity index (χ1v) is 15.6. The van der Waals surface area contributed by atoms with E-state index >= 15 is 0 Å². The predicted molar refractivity (Wildman–Crippen MR) is 167 cm³/mol. The highest BCUT2D eigenvalue weighted by molar-refractivity contribution is 5.82. The summed E-state index contributed by atoms with van der Waals surface area (Å²) in [7, 11) is 4.97. The van der Waals surface area contributed by atoms with E-state index in [1.165, 1.54) is 0 Å². The third-order valence-electron chi connectivity index (χ3n) is 9.09. The number of nitrogens with one attached hydrogen (secondary N) is 1. The van der Waals surface area contributed by atoms with Crippen molar-refractivity contribution in [3.8, 4) is 0 Å². The van der Waals surface area contributed by atoms with E-state index in [4.69, 9.17) is 15.2 Å². The molecule has 238 valence electrons. The number of methoxy groups -OCH3 is 2. The van der Waals surface area contributed by atoms with E-state index in [2.05, 4.69) is 31.3 Å². The minimum Gasteiger partial charge on any atom is -0.379 e. The van der Waals surface area contributed by atoms with Crippen molar-refractivity contribution >= 4 is 17.7 Å². The molecule has 2 unspecified atom stereocenters. The van der Waals surface area contributed by atoms with Gasteiger partial charge < -0.3 is 30.3 Å². The normalized spacial score (nSPS) is 21.5. The lowest BCUT2D eigenvalue weighted by atomic mass is 9.89. The van der Waals surface area contributed by atoms with Crippen molar-refractivity contribution < 1.29 is 23.9 Å². The van der Waals surface area contributed by atoms with Gasteiger partial charge in [0.25, 0.3) is 0 Å². The van der Waals surface area contributed by atoms with Gasteiger partial charge in [0.05, 0.1) is 42.7 Å². The second-order valence-electron chi connectivity index (χ2n) is 12.3. The average molecular weight is 589 g/mol. The number of hydrogen-bond acceptors (Lipinski definition) is 6. The summed E-state index contributed by atoms with van der Waals surface area (Å²) in [6, 6.07) is -1.14. The summed E-state index contributed by atoms with van der Waals surface area (Å²) in [6.45, 7) is 11.0. The fourth-order valence-electron chi connectivity index (χ4n) is 6.15. The third-order valence-corrected chi connectivity index (χ3v) is 9.09. The molecule has 9 heteroatoms. The summed E-state index contributed by atoms with van der Waals surface area (Å²) in [4.78, 5) is 43.7. The number of nitrogens with zero attached hydrogens (tertiary/aromatic N) is 2. The van der Waals surface area contributed by atoms with Gasteiger partial charge in [-0.15, -0.1) is 0 Å². The van der Waals surface area contributed by atoms with Gasteiger partial charge in [0.15, 0.2) is 0 Å². The summed E-state index contributed by atoms with van der Waals surface area (Å²) in [5.74, 6) is -0.329. The molecular weight excluding hydrogens is 532 g/mol. The van der Waals surface area contributed by atoms with Crippen LogP contribution in [-0.4, -0.2) is 92.2 Å². The van der Waals surface area contributed by atoms with E-state index in [9.17, 15) is 14.4 Å². The van der Waals surface area contributed by atoms with Crippen LogP contribution >= 0.6 is 0 Å². The van der Waals surface area contributed by atoms with Gasteiger partial charge in [-0.1, -0.05) is 77.5 Å². The summed E-state index contributed by atoms with van der Waals surface area (Å²) in [5, 5.41) is 3.07. The molecule has 9 nitrogen and oxygen atoms in total. The van der Waals surface area contributed by atoms with Crippen LogP contribution in [0, 0.1) is 23.7 Å². The highest BCUT2D eigenvalue weighted by Crippen LogP contribution is 2.29. The van der Waals surface area contributed by atoms with Gasteiger partial charge >= 0.3 is 0 Å². The van der Waals surface area contributed by atoms with Crippen molar-refractivity contribution in [2.24, 2.45) is 29.4 Å². The minimum absolute atomic E-state index is 0.00142. The number of rotatable bonds is 16. The van der Waals surface area contributed by atoms with Crippen molar-refractivity contribution in [3.63, 3.8) is 0 Å². The minimum atomic E-state index is -0.620. The van der Waals surface area contributed by atoms with E-state index < -0.39 is 24.2 Å². The Morgan fingerprint density at radius 3 is 2.24 bits per heavy atom. The monoisotopic (exact) mass is 588 g/mol. The van der Waals surface area contributed by atoms with Crippen molar-refractivity contribution in [2.75, 3.05) is 34.4 Å². The molecule has 1 saturated heterocycles. The lowest BCUT2D eigenvalue weighted by molar-refractivity contribution is -0.146. The molecular formula is C33H56N4O5. The molecule has 0 radical (unpaired) electrons. The van der Waals surface area contributed by atoms with E-state index in [-0.39, 0.29) is 54.0 Å². The zero-order valence-electron chi connectivity index (χ0n) is 27.1. The molecule has 3 amide bonds. The number of carbonyl (C=O) groups is 3. The molecule has 1 fully saturated rings. The molecule has 3 N–H and O–H groups in total. The van der Waals surface area contributed by atoms with E-state index in [1.807, 2.05) is 50.0 Å². The number of allylic oxidation sites excluding steroid dienone is 6. The van der Waals surface area contributed by atoms with Crippen LogP contribution in [-0.2, 0) is 23.9 Å². The van der Waals surface area contributed by atoms with E-state index in [0.717, 1.165) is 25.7 Å². The van der Waals surface area contributed by atoms with Gasteiger partial charge in [0, 0.05) is 34.4 Å². The molecule has 0 saturated carbocycles. The molecule has 1 aliphatic carbocycles.